The van der Waals surface area contributed by atoms with Gasteiger partial charge in [0, 0.05) is 0 Å². The first-order valence-corrected chi connectivity index (χ1v) is 10.3. The first-order chi connectivity index (χ1) is 13.1. The number of carbonyl (C=O) groups excluding carboxylic acids is 1. The van der Waals surface area contributed by atoms with Crippen molar-refractivity contribution in [3.05, 3.63) is 64.2 Å². The van der Waals surface area contributed by atoms with E-state index >= 15 is 0 Å². The van der Waals surface area contributed by atoms with Crippen LogP contribution in [0.15, 0.2) is 42.5 Å². The zero-order valence-electron chi connectivity index (χ0n) is 16.1. The van der Waals surface area contributed by atoms with E-state index in [1.165, 1.54) is 36.0 Å². The quantitative estimate of drug-likeness (QED) is 0.669. The molecule has 27 heavy (non-hydrogen) atoms. The number of ether oxygens (including phenoxy) is 1. The van der Waals surface area contributed by atoms with Gasteiger partial charge in [-0.15, -0.1) is 0 Å². The molecule has 0 saturated carbocycles. The average Bonchev–Trinajstić information content (AvgIpc) is 2.70. The van der Waals surface area contributed by atoms with E-state index < -0.39 is 6.10 Å². The monoisotopic (exact) mass is 385 g/mol. The SMILES string of the molecule is CCC(Oc1ccccc1Cl)C(=O)NC(CC)c1ccc2c(c1)CCCC2. The molecule has 4 heteroatoms. The summed E-state index contributed by atoms with van der Waals surface area (Å²) in [6.45, 7) is 4.04. The van der Waals surface area contributed by atoms with Crippen LogP contribution in [0.1, 0.15) is 62.3 Å². The number of hydrogen-bond acceptors (Lipinski definition) is 2. The maximum atomic E-state index is 12.8. The second kappa shape index (κ2) is 9.27. The second-order valence-electron chi connectivity index (χ2n) is 7.15. The fraction of sp³-hybridized carbons (Fsp3) is 0.435. The van der Waals surface area contributed by atoms with Crippen molar-refractivity contribution in [1.29, 1.82) is 0 Å². The van der Waals surface area contributed by atoms with E-state index in [4.69, 9.17) is 16.3 Å². The Labute approximate surface area is 167 Å². The van der Waals surface area contributed by atoms with E-state index in [1.54, 1.807) is 12.1 Å². The summed E-state index contributed by atoms with van der Waals surface area (Å²) in [5.41, 5.74) is 4.07. The van der Waals surface area contributed by atoms with Gasteiger partial charge < -0.3 is 10.1 Å². The molecule has 0 aromatic heterocycles. The van der Waals surface area contributed by atoms with Gasteiger partial charge in [0.25, 0.3) is 5.91 Å². The molecule has 2 aromatic carbocycles. The molecule has 3 rings (SSSR count). The van der Waals surface area contributed by atoms with Crippen LogP contribution >= 0.6 is 11.6 Å². The molecule has 1 aliphatic rings. The normalized spacial score (nSPS) is 15.5. The molecule has 0 radical (unpaired) electrons. The lowest BCUT2D eigenvalue weighted by Gasteiger charge is -2.24. The molecule has 0 aliphatic heterocycles. The van der Waals surface area contributed by atoms with Crippen molar-refractivity contribution in [1.82, 2.24) is 5.32 Å². The molecule has 0 saturated heterocycles. The van der Waals surface area contributed by atoms with E-state index in [2.05, 4.69) is 30.4 Å². The minimum Gasteiger partial charge on any atom is -0.479 e. The summed E-state index contributed by atoms with van der Waals surface area (Å²) < 4.78 is 5.88. The van der Waals surface area contributed by atoms with Gasteiger partial charge in [-0.05, 0) is 67.3 Å². The largest absolute Gasteiger partial charge is 0.479 e. The van der Waals surface area contributed by atoms with Crippen LogP contribution in [0.4, 0.5) is 0 Å². The maximum Gasteiger partial charge on any atom is 0.261 e. The van der Waals surface area contributed by atoms with Gasteiger partial charge in [0.2, 0.25) is 0 Å². The van der Waals surface area contributed by atoms with E-state index in [9.17, 15) is 4.79 Å². The summed E-state index contributed by atoms with van der Waals surface area (Å²) in [5.74, 6) is 0.449. The van der Waals surface area contributed by atoms with Crippen molar-refractivity contribution < 1.29 is 9.53 Å². The number of hydrogen-bond donors (Lipinski definition) is 1. The van der Waals surface area contributed by atoms with Gasteiger partial charge in [-0.1, -0.05) is 55.8 Å². The smallest absolute Gasteiger partial charge is 0.261 e. The highest BCUT2D eigenvalue weighted by Crippen LogP contribution is 2.27. The van der Waals surface area contributed by atoms with Crippen LogP contribution in [-0.4, -0.2) is 12.0 Å². The lowest BCUT2D eigenvalue weighted by molar-refractivity contribution is -0.128. The molecule has 2 atom stereocenters. The van der Waals surface area contributed by atoms with Gasteiger partial charge in [0.1, 0.15) is 5.75 Å². The molecular formula is C23H28ClNO2. The molecule has 0 fully saturated rings. The standard InChI is InChI=1S/C23H28ClNO2/c1-3-20(18-14-13-16-9-5-6-10-17(16)15-18)25-23(26)21(4-2)27-22-12-8-7-11-19(22)24/h7-8,11-15,20-21H,3-6,9-10H2,1-2H3,(H,25,26). The molecule has 0 bridgehead atoms. The fourth-order valence-electron chi connectivity index (χ4n) is 3.67. The molecule has 144 valence electrons. The minimum absolute atomic E-state index is 0.00591. The van der Waals surface area contributed by atoms with Crippen LogP contribution in [0, 0.1) is 0 Å². The van der Waals surface area contributed by atoms with Gasteiger partial charge >= 0.3 is 0 Å². The molecule has 1 N–H and O–H groups in total. The van der Waals surface area contributed by atoms with Crippen molar-refractivity contribution in [3.63, 3.8) is 0 Å². The first-order valence-electron chi connectivity index (χ1n) is 9.95. The number of carbonyl (C=O) groups is 1. The molecule has 2 unspecified atom stereocenters. The fourth-order valence-corrected chi connectivity index (χ4v) is 3.85. The highest BCUT2D eigenvalue weighted by molar-refractivity contribution is 6.32. The van der Waals surface area contributed by atoms with Crippen molar-refractivity contribution in [2.24, 2.45) is 0 Å². The Balaban J connectivity index is 1.71. The summed E-state index contributed by atoms with van der Waals surface area (Å²) in [6.07, 6.45) is 5.70. The number of rotatable bonds is 7. The number of benzene rings is 2. The molecule has 1 amide bonds. The molecular weight excluding hydrogens is 358 g/mol. The summed E-state index contributed by atoms with van der Waals surface area (Å²) in [7, 11) is 0. The van der Waals surface area contributed by atoms with Gasteiger partial charge in [-0.2, -0.15) is 0 Å². The van der Waals surface area contributed by atoms with E-state index in [-0.39, 0.29) is 11.9 Å². The van der Waals surface area contributed by atoms with Crippen LogP contribution in [0.2, 0.25) is 5.02 Å². The number of para-hydroxylation sites is 1. The number of amides is 1. The summed E-state index contributed by atoms with van der Waals surface area (Å²) >= 11 is 6.17. The highest BCUT2D eigenvalue weighted by atomic mass is 35.5. The van der Waals surface area contributed by atoms with Crippen molar-refractivity contribution in [2.45, 2.75) is 64.5 Å². The van der Waals surface area contributed by atoms with Gasteiger partial charge in [-0.3, -0.25) is 4.79 Å². The van der Waals surface area contributed by atoms with E-state index in [1.807, 2.05) is 19.1 Å². The minimum atomic E-state index is -0.559. The van der Waals surface area contributed by atoms with Gasteiger partial charge in [0.15, 0.2) is 6.10 Å². The van der Waals surface area contributed by atoms with E-state index in [0.717, 1.165) is 12.8 Å². The van der Waals surface area contributed by atoms with Gasteiger partial charge in [-0.25, -0.2) is 0 Å². The Bertz CT molecular complexity index is 790. The Morgan fingerprint density at radius 3 is 2.52 bits per heavy atom. The molecule has 2 aromatic rings. The second-order valence-corrected chi connectivity index (χ2v) is 7.56. The number of halogens is 1. The Kier molecular flexibility index (Phi) is 6.78. The molecule has 1 aliphatic carbocycles. The topological polar surface area (TPSA) is 38.3 Å². The third-order valence-corrected chi connectivity index (χ3v) is 5.58. The van der Waals surface area contributed by atoms with Crippen molar-refractivity contribution in [3.8, 4) is 5.75 Å². The Morgan fingerprint density at radius 1 is 1.07 bits per heavy atom. The van der Waals surface area contributed by atoms with Crippen LogP contribution in [-0.2, 0) is 17.6 Å². The molecule has 0 heterocycles. The van der Waals surface area contributed by atoms with Crippen LogP contribution < -0.4 is 10.1 Å². The third kappa shape index (κ3) is 4.84. The number of fused-ring (bicyclic) bond motifs is 1. The first kappa shape index (κ1) is 19.8. The van der Waals surface area contributed by atoms with E-state index in [0.29, 0.717) is 17.2 Å². The lowest BCUT2D eigenvalue weighted by atomic mass is 9.88. The van der Waals surface area contributed by atoms with Crippen LogP contribution in [0.3, 0.4) is 0 Å². The van der Waals surface area contributed by atoms with Crippen LogP contribution in [0.5, 0.6) is 5.75 Å². The third-order valence-electron chi connectivity index (χ3n) is 5.27. The zero-order chi connectivity index (χ0) is 19.2. The Hall–Kier alpha value is -2.00. The Morgan fingerprint density at radius 2 is 1.81 bits per heavy atom. The molecule has 3 nitrogen and oxygen atoms in total. The predicted molar refractivity (Wildman–Crippen MR) is 110 cm³/mol. The highest BCUT2D eigenvalue weighted by Gasteiger charge is 2.23. The average molecular weight is 386 g/mol. The number of aryl methyl sites for hydroxylation is 2. The van der Waals surface area contributed by atoms with Gasteiger partial charge in [0.05, 0.1) is 11.1 Å². The number of nitrogens with one attached hydrogen (secondary N) is 1. The maximum absolute atomic E-state index is 12.8. The van der Waals surface area contributed by atoms with Crippen molar-refractivity contribution >= 4 is 17.5 Å². The van der Waals surface area contributed by atoms with Crippen LogP contribution in [0.25, 0.3) is 0 Å². The lowest BCUT2D eigenvalue weighted by Crippen LogP contribution is -2.40. The molecule has 0 spiro atoms. The van der Waals surface area contributed by atoms with Crippen molar-refractivity contribution in [2.75, 3.05) is 0 Å². The zero-order valence-corrected chi connectivity index (χ0v) is 16.9. The summed E-state index contributed by atoms with van der Waals surface area (Å²) in [4.78, 5) is 12.8. The summed E-state index contributed by atoms with van der Waals surface area (Å²) in [6, 6.07) is 13.9. The summed E-state index contributed by atoms with van der Waals surface area (Å²) in [5, 5.41) is 3.69. The predicted octanol–water partition coefficient (Wildman–Crippen LogP) is 5.64.